The summed E-state index contributed by atoms with van der Waals surface area (Å²) < 4.78 is 18.6. The summed E-state index contributed by atoms with van der Waals surface area (Å²) in [6.07, 6.45) is 2.38. The van der Waals surface area contributed by atoms with E-state index in [-0.39, 0.29) is 23.5 Å². The molecular formula is C16H22FNO3. The van der Waals surface area contributed by atoms with Crippen LogP contribution in [0.3, 0.4) is 0 Å². The van der Waals surface area contributed by atoms with Gasteiger partial charge in [-0.05, 0) is 49.4 Å². The van der Waals surface area contributed by atoms with Crippen LogP contribution < -0.4 is 4.74 Å². The second-order valence-corrected chi connectivity index (χ2v) is 5.77. The summed E-state index contributed by atoms with van der Waals surface area (Å²) in [4.78, 5) is 13.2. The third kappa shape index (κ3) is 3.94. The van der Waals surface area contributed by atoms with E-state index in [4.69, 9.17) is 4.74 Å². The summed E-state index contributed by atoms with van der Waals surface area (Å²) in [5.74, 6) is -0.573. The van der Waals surface area contributed by atoms with Gasteiger partial charge in [-0.3, -0.25) is 9.69 Å². The zero-order valence-electron chi connectivity index (χ0n) is 12.5. The smallest absolute Gasteiger partial charge is 0.320 e. The predicted molar refractivity (Wildman–Crippen MR) is 78.1 cm³/mol. The number of hydrogen-bond donors (Lipinski definition) is 1. The monoisotopic (exact) mass is 295 g/mol. The number of carboxylic acids is 1. The lowest BCUT2D eigenvalue weighted by Crippen LogP contribution is -2.38. The summed E-state index contributed by atoms with van der Waals surface area (Å²) in [5.41, 5.74) is 0.909. The van der Waals surface area contributed by atoms with E-state index in [1.807, 2.05) is 11.0 Å². The van der Waals surface area contributed by atoms with E-state index in [1.54, 1.807) is 6.07 Å². The molecule has 0 aromatic heterocycles. The number of ether oxygens (including phenoxy) is 1. The summed E-state index contributed by atoms with van der Waals surface area (Å²) in [6.45, 7) is 3.63. The van der Waals surface area contributed by atoms with Crippen molar-refractivity contribution >= 4 is 5.97 Å². The Morgan fingerprint density at radius 1 is 1.57 bits per heavy atom. The first kappa shape index (κ1) is 15.8. The number of halogens is 1. The van der Waals surface area contributed by atoms with Gasteiger partial charge < -0.3 is 9.84 Å². The second-order valence-electron chi connectivity index (χ2n) is 5.77. The quantitative estimate of drug-likeness (QED) is 0.876. The molecule has 0 saturated carbocycles. The molecule has 1 aliphatic heterocycles. The van der Waals surface area contributed by atoms with Crippen LogP contribution in [0, 0.1) is 11.7 Å². The molecule has 21 heavy (non-hydrogen) atoms. The molecule has 1 saturated heterocycles. The van der Waals surface area contributed by atoms with Crippen molar-refractivity contribution in [3.8, 4) is 5.75 Å². The van der Waals surface area contributed by atoms with Crippen LogP contribution in [0.25, 0.3) is 0 Å². The molecular weight excluding hydrogens is 273 g/mol. The highest BCUT2D eigenvalue weighted by Gasteiger charge is 2.31. The normalized spacial score (nSPS) is 20.4. The van der Waals surface area contributed by atoms with Gasteiger partial charge in [0.15, 0.2) is 11.6 Å². The zero-order chi connectivity index (χ0) is 15.4. The summed E-state index contributed by atoms with van der Waals surface area (Å²) >= 11 is 0. The standard InChI is InChI=1S/C16H22FNO3/c1-11(10-18-7-3-4-14(18)16(19)20)8-12-5-6-15(21-2)13(17)9-12/h5-6,9,11,14H,3-4,7-8,10H2,1-2H3,(H,19,20)/t11?,14-/m1/s1. The first-order valence-corrected chi connectivity index (χ1v) is 7.30. The number of benzene rings is 1. The van der Waals surface area contributed by atoms with Crippen molar-refractivity contribution in [2.45, 2.75) is 32.2 Å². The predicted octanol–water partition coefficient (Wildman–Crippen LogP) is 2.56. The summed E-state index contributed by atoms with van der Waals surface area (Å²) in [5, 5.41) is 9.18. The molecule has 2 rings (SSSR count). The first-order chi connectivity index (χ1) is 10.0. The highest BCUT2D eigenvalue weighted by atomic mass is 19.1. The fraction of sp³-hybridized carbons (Fsp3) is 0.562. The number of hydrogen-bond acceptors (Lipinski definition) is 3. The Morgan fingerprint density at radius 3 is 2.95 bits per heavy atom. The molecule has 5 heteroatoms. The highest BCUT2D eigenvalue weighted by Crippen LogP contribution is 2.22. The fourth-order valence-electron chi connectivity index (χ4n) is 3.03. The first-order valence-electron chi connectivity index (χ1n) is 7.30. The van der Waals surface area contributed by atoms with E-state index < -0.39 is 5.97 Å². The highest BCUT2D eigenvalue weighted by molar-refractivity contribution is 5.73. The molecule has 4 nitrogen and oxygen atoms in total. The number of aliphatic carboxylic acids is 1. The SMILES string of the molecule is COc1ccc(CC(C)CN2CCC[C@@H]2C(=O)O)cc1F. The molecule has 0 aliphatic carbocycles. The number of carboxylic acid groups (broad SMARTS) is 1. The average molecular weight is 295 g/mol. The minimum Gasteiger partial charge on any atom is -0.494 e. The van der Waals surface area contributed by atoms with Crippen LogP contribution >= 0.6 is 0 Å². The molecule has 1 unspecified atom stereocenters. The largest absolute Gasteiger partial charge is 0.494 e. The van der Waals surface area contributed by atoms with Gasteiger partial charge in [-0.1, -0.05) is 13.0 Å². The topological polar surface area (TPSA) is 49.8 Å². The second kappa shape index (κ2) is 6.89. The molecule has 2 atom stereocenters. The maximum Gasteiger partial charge on any atom is 0.320 e. The van der Waals surface area contributed by atoms with E-state index in [9.17, 15) is 14.3 Å². The van der Waals surface area contributed by atoms with Gasteiger partial charge in [0.1, 0.15) is 6.04 Å². The number of methoxy groups -OCH3 is 1. The van der Waals surface area contributed by atoms with Crippen LogP contribution in [-0.2, 0) is 11.2 Å². The van der Waals surface area contributed by atoms with Crippen molar-refractivity contribution in [2.75, 3.05) is 20.2 Å². The van der Waals surface area contributed by atoms with Crippen LogP contribution in [0.2, 0.25) is 0 Å². The maximum atomic E-state index is 13.7. The van der Waals surface area contributed by atoms with Crippen molar-refractivity contribution in [3.05, 3.63) is 29.6 Å². The third-order valence-corrected chi connectivity index (χ3v) is 4.00. The van der Waals surface area contributed by atoms with E-state index in [1.165, 1.54) is 13.2 Å². The number of carbonyl (C=O) groups is 1. The van der Waals surface area contributed by atoms with Crippen molar-refractivity contribution < 1.29 is 19.0 Å². The van der Waals surface area contributed by atoms with Crippen LogP contribution in [0.1, 0.15) is 25.3 Å². The molecule has 0 spiro atoms. The Kier molecular flexibility index (Phi) is 5.17. The Labute approximate surface area is 124 Å². The van der Waals surface area contributed by atoms with E-state index >= 15 is 0 Å². The van der Waals surface area contributed by atoms with E-state index in [0.29, 0.717) is 0 Å². The molecule has 1 fully saturated rings. The minimum absolute atomic E-state index is 0.247. The van der Waals surface area contributed by atoms with Gasteiger partial charge in [-0.25, -0.2) is 4.39 Å². The Balaban J connectivity index is 1.94. The van der Waals surface area contributed by atoms with Gasteiger partial charge in [-0.2, -0.15) is 0 Å². The molecule has 1 heterocycles. The minimum atomic E-state index is -0.741. The maximum absolute atomic E-state index is 13.7. The van der Waals surface area contributed by atoms with Gasteiger partial charge in [0.05, 0.1) is 7.11 Å². The van der Waals surface area contributed by atoms with Crippen LogP contribution in [0.4, 0.5) is 4.39 Å². The molecule has 0 radical (unpaired) electrons. The summed E-state index contributed by atoms with van der Waals surface area (Å²) in [6, 6.07) is 4.62. The van der Waals surface area contributed by atoms with Gasteiger partial charge in [0, 0.05) is 6.54 Å². The molecule has 1 aromatic rings. The van der Waals surface area contributed by atoms with Crippen LogP contribution in [0.5, 0.6) is 5.75 Å². The van der Waals surface area contributed by atoms with Crippen molar-refractivity contribution in [3.63, 3.8) is 0 Å². The lowest BCUT2D eigenvalue weighted by molar-refractivity contribution is -0.142. The third-order valence-electron chi connectivity index (χ3n) is 4.00. The van der Waals surface area contributed by atoms with E-state index in [2.05, 4.69) is 6.92 Å². The Morgan fingerprint density at radius 2 is 2.33 bits per heavy atom. The lowest BCUT2D eigenvalue weighted by Gasteiger charge is -2.24. The zero-order valence-corrected chi connectivity index (χ0v) is 12.5. The van der Waals surface area contributed by atoms with Gasteiger partial charge in [0.25, 0.3) is 0 Å². The fourth-order valence-corrected chi connectivity index (χ4v) is 3.03. The summed E-state index contributed by atoms with van der Waals surface area (Å²) in [7, 11) is 1.44. The van der Waals surface area contributed by atoms with Crippen molar-refractivity contribution in [1.29, 1.82) is 0 Å². The van der Waals surface area contributed by atoms with Crippen molar-refractivity contribution in [1.82, 2.24) is 4.90 Å². The van der Waals surface area contributed by atoms with Crippen LogP contribution in [-0.4, -0.2) is 42.2 Å². The molecule has 1 aliphatic rings. The Hall–Kier alpha value is -1.62. The van der Waals surface area contributed by atoms with Gasteiger partial charge >= 0.3 is 5.97 Å². The van der Waals surface area contributed by atoms with Crippen molar-refractivity contribution in [2.24, 2.45) is 5.92 Å². The number of nitrogens with zero attached hydrogens (tertiary/aromatic N) is 1. The van der Waals surface area contributed by atoms with Crippen LogP contribution in [0.15, 0.2) is 18.2 Å². The van der Waals surface area contributed by atoms with Gasteiger partial charge in [-0.15, -0.1) is 0 Å². The molecule has 0 amide bonds. The molecule has 1 N–H and O–H groups in total. The van der Waals surface area contributed by atoms with E-state index in [0.717, 1.165) is 37.9 Å². The van der Waals surface area contributed by atoms with Gasteiger partial charge in [0.2, 0.25) is 0 Å². The lowest BCUT2D eigenvalue weighted by atomic mass is 10.00. The number of likely N-dealkylation sites (tertiary alicyclic amines) is 1. The molecule has 116 valence electrons. The number of rotatable bonds is 6. The average Bonchev–Trinajstić information content (AvgIpc) is 2.87. The Bertz CT molecular complexity index is 506. The molecule has 1 aromatic carbocycles. The molecule has 0 bridgehead atoms.